The number of esters is 1. The summed E-state index contributed by atoms with van der Waals surface area (Å²) in [6.45, 7) is 8.99. The zero-order chi connectivity index (χ0) is 24.8. The van der Waals surface area contributed by atoms with Crippen molar-refractivity contribution in [3.05, 3.63) is 62.5 Å². The van der Waals surface area contributed by atoms with E-state index in [0.29, 0.717) is 24.2 Å². The van der Waals surface area contributed by atoms with Crippen LogP contribution in [-0.4, -0.2) is 41.2 Å². The van der Waals surface area contributed by atoms with E-state index in [-0.39, 0.29) is 35.6 Å². The molecule has 0 spiro atoms. The smallest absolute Gasteiger partial charge is 0.341 e. The third-order valence-electron chi connectivity index (χ3n) is 5.04. The number of aliphatic carboxylic acids is 1. The number of nitro benzene ring substituents is 1. The van der Waals surface area contributed by atoms with Gasteiger partial charge in [-0.05, 0) is 32.3 Å². The summed E-state index contributed by atoms with van der Waals surface area (Å²) in [4.78, 5) is 36.3. The molecule has 1 heterocycles. The first-order chi connectivity index (χ1) is 15.5. The minimum Gasteiger partial charge on any atom is -0.478 e. The van der Waals surface area contributed by atoms with Crippen LogP contribution in [-0.2, 0) is 23.8 Å². The quantitative estimate of drug-likeness (QED) is 0.216. The zero-order valence-electron chi connectivity index (χ0n) is 19.5. The van der Waals surface area contributed by atoms with Gasteiger partial charge in [-0.1, -0.05) is 26.0 Å². The highest BCUT2D eigenvalue weighted by Crippen LogP contribution is 2.40. The van der Waals surface area contributed by atoms with Gasteiger partial charge in [0.2, 0.25) is 0 Å². The molecule has 0 bridgehead atoms. The standard InChI is InChI=1S/C23H30N2O8/c1-6-11-31-23(5,32-12-7-2)33-22(28)19-15(4)24-14(3)18(21(26)27)20(19)16-9-8-10-17(13-16)25(29)30/h8-10,13,20,24H,6-7,11-12H2,1-5H3,(H,26,27). The van der Waals surface area contributed by atoms with Gasteiger partial charge in [0.25, 0.3) is 5.69 Å². The number of benzene rings is 1. The van der Waals surface area contributed by atoms with Gasteiger partial charge in [-0.15, -0.1) is 0 Å². The van der Waals surface area contributed by atoms with Gasteiger partial charge in [0.1, 0.15) is 0 Å². The summed E-state index contributed by atoms with van der Waals surface area (Å²) in [5, 5.41) is 24.1. The Balaban J connectivity index is 2.56. The SMILES string of the molecule is CCCOC(C)(OCCC)OC(=O)C1=C(C)NC(C)=C(C(=O)O)C1c1cccc([N+](=O)[O-])c1. The lowest BCUT2D eigenvalue weighted by atomic mass is 9.80. The van der Waals surface area contributed by atoms with Crippen LogP contribution in [0.2, 0.25) is 0 Å². The monoisotopic (exact) mass is 462 g/mol. The Hall–Kier alpha value is -3.24. The van der Waals surface area contributed by atoms with Crippen molar-refractivity contribution in [3.8, 4) is 0 Å². The molecule has 1 aliphatic heterocycles. The van der Waals surface area contributed by atoms with Crippen molar-refractivity contribution in [2.45, 2.75) is 59.4 Å². The number of hydrogen-bond donors (Lipinski definition) is 2. The molecule has 1 aliphatic rings. The van der Waals surface area contributed by atoms with E-state index in [2.05, 4.69) is 5.32 Å². The number of carboxylic acids is 1. The van der Waals surface area contributed by atoms with Gasteiger partial charge in [0.15, 0.2) is 0 Å². The fourth-order valence-electron chi connectivity index (χ4n) is 3.60. The lowest BCUT2D eigenvalue weighted by molar-refractivity contribution is -0.384. The second-order valence-corrected chi connectivity index (χ2v) is 7.74. The van der Waals surface area contributed by atoms with Gasteiger partial charge in [-0.25, -0.2) is 9.59 Å². The van der Waals surface area contributed by atoms with E-state index in [1.807, 2.05) is 13.8 Å². The fraction of sp³-hybridized carbons (Fsp3) is 0.478. The summed E-state index contributed by atoms with van der Waals surface area (Å²) >= 11 is 0. The Morgan fingerprint density at radius 3 is 2.21 bits per heavy atom. The van der Waals surface area contributed by atoms with Crippen molar-refractivity contribution in [2.75, 3.05) is 13.2 Å². The van der Waals surface area contributed by atoms with Gasteiger partial charge in [0.05, 0.1) is 35.2 Å². The maximum Gasteiger partial charge on any atom is 0.341 e. The first kappa shape index (κ1) is 26.0. The van der Waals surface area contributed by atoms with Crippen LogP contribution in [0.4, 0.5) is 5.69 Å². The van der Waals surface area contributed by atoms with Crippen LogP contribution in [0.15, 0.2) is 46.8 Å². The number of ether oxygens (including phenoxy) is 3. The van der Waals surface area contributed by atoms with Crippen LogP contribution in [0.3, 0.4) is 0 Å². The number of carbonyl (C=O) groups is 2. The van der Waals surface area contributed by atoms with Crippen molar-refractivity contribution in [1.82, 2.24) is 5.32 Å². The molecule has 0 radical (unpaired) electrons. The molecule has 10 heteroatoms. The number of nitrogens with zero attached hydrogens (tertiary/aromatic N) is 1. The van der Waals surface area contributed by atoms with Crippen LogP contribution in [0.25, 0.3) is 0 Å². The number of nitrogens with one attached hydrogen (secondary N) is 1. The molecule has 1 unspecified atom stereocenters. The topological polar surface area (TPSA) is 137 Å². The van der Waals surface area contributed by atoms with Crippen molar-refractivity contribution < 1.29 is 33.8 Å². The molecule has 180 valence electrons. The molecule has 0 saturated carbocycles. The summed E-state index contributed by atoms with van der Waals surface area (Å²) in [7, 11) is 0. The third-order valence-corrected chi connectivity index (χ3v) is 5.04. The average molecular weight is 462 g/mol. The summed E-state index contributed by atoms with van der Waals surface area (Å²) < 4.78 is 16.9. The number of dihydropyridines is 1. The van der Waals surface area contributed by atoms with Gasteiger partial charge in [0, 0.05) is 30.5 Å². The molecule has 0 fully saturated rings. The van der Waals surface area contributed by atoms with E-state index in [9.17, 15) is 24.8 Å². The van der Waals surface area contributed by atoms with Crippen LogP contribution in [0.5, 0.6) is 0 Å². The second kappa shape index (κ2) is 11.1. The van der Waals surface area contributed by atoms with Crippen LogP contribution < -0.4 is 5.32 Å². The Labute approximate surface area is 192 Å². The molecule has 0 aromatic heterocycles. The highest BCUT2D eigenvalue weighted by atomic mass is 16.9. The van der Waals surface area contributed by atoms with Crippen molar-refractivity contribution >= 4 is 17.6 Å². The number of non-ortho nitro benzene ring substituents is 1. The van der Waals surface area contributed by atoms with E-state index in [0.717, 1.165) is 0 Å². The Kier molecular flexibility index (Phi) is 8.72. The van der Waals surface area contributed by atoms with Crippen LogP contribution >= 0.6 is 0 Å². The Morgan fingerprint density at radius 2 is 1.70 bits per heavy atom. The highest BCUT2D eigenvalue weighted by Gasteiger charge is 2.41. The van der Waals surface area contributed by atoms with Gasteiger partial charge >= 0.3 is 17.9 Å². The molecule has 0 amide bonds. The molecule has 0 aliphatic carbocycles. The number of nitro groups is 1. The predicted molar refractivity (Wildman–Crippen MR) is 119 cm³/mol. The average Bonchev–Trinajstić information content (AvgIpc) is 2.75. The molecule has 1 atom stereocenters. The lowest BCUT2D eigenvalue weighted by Crippen LogP contribution is -2.41. The largest absolute Gasteiger partial charge is 0.478 e. The van der Waals surface area contributed by atoms with Crippen LogP contribution in [0, 0.1) is 10.1 Å². The molecule has 1 aromatic rings. The van der Waals surface area contributed by atoms with E-state index < -0.39 is 28.8 Å². The Bertz CT molecular complexity index is 974. The number of carbonyl (C=O) groups excluding carboxylic acids is 1. The second-order valence-electron chi connectivity index (χ2n) is 7.74. The van der Waals surface area contributed by atoms with Crippen molar-refractivity contribution in [2.24, 2.45) is 0 Å². The molecule has 0 saturated heterocycles. The lowest BCUT2D eigenvalue weighted by Gasteiger charge is -2.33. The maximum atomic E-state index is 13.4. The van der Waals surface area contributed by atoms with E-state index in [4.69, 9.17) is 14.2 Å². The summed E-state index contributed by atoms with van der Waals surface area (Å²) in [5.41, 5.74) is 0.636. The normalized spacial score (nSPS) is 16.5. The van der Waals surface area contributed by atoms with Crippen molar-refractivity contribution in [3.63, 3.8) is 0 Å². The first-order valence-corrected chi connectivity index (χ1v) is 10.7. The molecular formula is C23H30N2O8. The van der Waals surface area contributed by atoms with E-state index in [1.54, 1.807) is 19.9 Å². The van der Waals surface area contributed by atoms with Crippen LogP contribution in [0.1, 0.15) is 58.9 Å². The number of hydrogen-bond acceptors (Lipinski definition) is 8. The fourth-order valence-corrected chi connectivity index (χ4v) is 3.60. The summed E-state index contributed by atoms with van der Waals surface area (Å²) in [6.07, 6.45) is 1.32. The van der Waals surface area contributed by atoms with Gasteiger partial charge in [-0.3, -0.25) is 10.1 Å². The van der Waals surface area contributed by atoms with Crippen molar-refractivity contribution in [1.29, 1.82) is 0 Å². The van der Waals surface area contributed by atoms with E-state index >= 15 is 0 Å². The van der Waals surface area contributed by atoms with Gasteiger partial charge in [-0.2, -0.15) is 0 Å². The predicted octanol–water partition coefficient (Wildman–Crippen LogP) is 3.98. The molecule has 10 nitrogen and oxygen atoms in total. The minimum atomic E-state index is -1.68. The van der Waals surface area contributed by atoms with E-state index in [1.165, 1.54) is 25.1 Å². The molecule has 2 rings (SSSR count). The highest BCUT2D eigenvalue weighted by molar-refractivity contribution is 5.99. The minimum absolute atomic E-state index is 0.00456. The number of carboxylic acid groups (broad SMARTS) is 1. The molecule has 1 aromatic carbocycles. The zero-order valence-corrected chi connectivity index (χ0v) is 19.5. The summed E-state index contributed by atoms with van der Waals surface area (Å²) in [6, 6.07) is 5.54. The number of allylic oxidation sites excluding steroid dienone is 2. The molecular weight excluding hydrogens is 432 g/mol. The molecule has 33 heavy (non-hydrogen) atoms. The summed E-state index contributed by atoms with van der Waals surface area (Å²) in [5.74, 6) is -4.89. The third kappa shape index (κ3) is 6.17. The Morgan fingerprint density at radius 1 is 1.12 bits per heavy atom. The maximum absolute atomic E-state index is 13.4. The molecule has 2 N–H and O–H groups in total. The first-order valence-electron chi connectivity index (χ1n) is 10.7. The van der Waals surface area contributed by atoms with Gasteiger partial charge < -0.3 is 24.6 Å². The number of rotatable bonds is 11.